The fraction of sp³-hybridized carbons (Fsp3) is 0.227. The number of nitrogens with one attached hydrogen (secondary N) is 2. The molecule has 0 aliphatic carbocycles. The summed E-state index contributed by atoms with van der Waals surface area (Å²) in [5.41, 5.74) is 0.891. The first kappa shape index (κ1) is 28.8. The van der Waals surface area contributed by atoms with Gasteiger partial charge >= 0.3 is 12.1 Å². The van der Waals surface area contributed by atoms with Gasteiger partial charge in [-0.2, -0.15) is 13.2 Å². The summed E-state index contributed by atoms with van der Waals surface area (Å²) in [4.78, 5) is 23.5. The van der Waals surface area contributed by atoms with Crippen LogP contribution in [0, 0.1) is 0 Å². The van der Waals surface area contributed by atoms with Crippen molar-refractivity contribution in [3.05, 3.63) is 48.8 Å². The molecule has 3 aromatic rings. The molecule has 1 heterocycles. The van der Waals surface area contributed by atoms with Crippen LogP contribution in [0.5, 0.6) is 11.5 Å². The third kappa shape index (κ3) is 6.96. The van der Waals surface area contributed by atoms with E-state index < -0.39 is 27.1 Å². The van der Waals surface area contributed by atoms with Crippen molar-refractivity contribution in [3.63, 3.8) is 0 Å². The predicted octanol–water partition coefficient (Wildman–Crippen LogP) is 4.34. The predicted molar refractivity (Wildman–Crippen MR) is 133 cm³/mol. The number of aromatic nitrogens is 2. The Morgan fingerprint density at radius 3 is 2.13 bits per heavy atom. The van der Waals surface area contributed by atoms with Crippen LogP contribution in [-0.4, -0.2) is 62.5 Å². The smallest absolute Gasteiger partial charge is 0.492 e. The average molecular weight is 574 g/mol. The van der Waals surface area contributed by atoms with Gasteiger partial charge in [-0.1, -0.05) is 0 Å². The maximum atomic E-state index is 12.8. The van der Waals surface area contributed by atoms with Crippen molar-refractivity contribution in [2.75, 3.05) is 38.2 Å². The fourth-order valence-corrected chi connectivity index (χ4v) is 4.47. The number of alkyl halides is 3. The molecular formula is C22H22F3N5O6S2. The summed E-state index contributed by atoms with van der Waals surface area (Å²) in [5.74, 6) is -0.914. The summed E-state index contributed by atoms with van der Waals surface area (Å²) < 4.78 is 73.4. The number of carbonyl (C=O) groups is 1. The van der Waals surface area contributed by atoms with E-state index >= 15 is 0 Å². The Bertz CT molecular complexity index is 1400. The molecule has 0 amide bonds. The van der Waals surface area contributed by atoms with E-state index in [-0.39, 0.29) is 16.0 Å². The summed E-state index contributed by atoms with van der Waals surface area (Å²) in [7, 11) is -0.909. The van der Waals surface area contributed by atoms with Gasteiger partial charge in [-0.3, -0.25) is 0 Å². The van der Waals surface area contributed by atoms with Gasteiger partial charge in [-0.25, -0.2) is 23.2 Å². The molecule has 0 unspecified atom stereocenters. The maximum absolute atomic E-state index is 12.8. The van der Waals surface area contributed by atoms with Gasteiger partial charge in [0.15, 0.2) is 0 Å². The fourth-order valence-electron chi connectivity index (χ4n) is 2.97. The number of hydrogen-bond acceptors (Lipinski definition) is 11. The number of halogens is 3. The number of anilines is 4. The number of ether oxygens (including phenoxy) is 2. The number of rotatable bonds is 10. The van der Waals surface area contributed by atoms with Crippen LogP contribution < -0.4 is 20.1 Å². The third-order valence-electron chi connectivity index (χ3n) is 4.80. The lowest BCUT2D eigenvalue weighted by Crippen LogP contribution is -2.36. The van der Waals surface area contributed by atoms with Crippen LogP contribution in [0.25, 0.3) is 0 Å². The van der Waals surface area contributed by atoms with Gasteiger partial charge in [0.2, 0.25) is 0 Å². The van der Waals surface area contributed by atoms with Gasteiger partial charge in [-0.15, -0.1) is 11.8 Å². The van der Waals surface area contributed by atoms with Crippen molar-refractivity contribution in [2.45, 2.75) is 16.0 Å². The largest absolute Gasteiger partial charge is 0.497 e. The molecule has 0 bridgehead atoms. The normalized spacial score (nSPS) is 11.7. The van der Waals surface area contributed by atoms with Gasteiger partial charge in [0.05, 0.1) is 24.8 Å². The number of nitrogens with zero attached hydrogens (tertiary/aromatic N) is 3. The zero-order chi connectivity index (χ0) is 28.1. The van der Waals surface area contributed by atoms with E-state index in [9.17, 15) is 26.4 Å². The topological polar surface area (TPSA) is 132 Å². The van der Waals surface area contributed by atoms with Crippen molar-refractivity contribution in [1.82, 2.24) is 14.4 Å². The van der Waals surface area contributed by atoms with Crippen molar-refractivity contribution < 1.29 is 40.7 Å². The summed E-state index contributed by atoms with van der Waals surface area (Å²) >= 11 is 1.28. The van der Waals surface area contributed by atoms with Crippen LogP contribution in [0.15, 0.2) is 58.6 Å². The number of thioether (sulfide) groups is 1. The number of hydrogen-bond donors (Lipinski definition) is 2. The van der Waals surface area contributed by atoms with Crippen molar-refractivity contribution in [3.8, 4) is 11.5 Å². The molecule has 1 aromatic heterocycles. The molecule has 0 atom stereocenters. The lowest BCUT2D eigenvalue weighted by Gasteiger charge is -2.18. The minimum Gasteiger partial charge on any atom is -0.497 e. The minimum atomic E-state index is -5.37. The Kier molecular flexibility index (Phi) is 8.90. The summed E-state index contributed by atoms with van der Waals surface area (Å²) in [6, 6.07) is 10.5. The SMILES string of the molecule is COc1cc(Nc2cc(Nc3cc(S(=O)(=O)N(C)OC(=O)C(F)(F)F)ccc3SC)ncn2)cc(OC)c1. The molecule has 0 saturated carbocycles. The Morgan fingerprint density at radius 1 is 0.974 bits per heavy atom. The van der Waals surface area contributed by atoms with Crippen molar-refractivity contribution in [2.24, 2.45) is 0 Å². The molecule has 2 aromatic carbocycles. The molecular weight excluding hydrogens is 551 g/mol. The molecule has 0 radical (unpaired) electrons. The van der Waals surface area contributed by atoms with E-state index in [4.69, 9.17) is 9.47 Å². The minimum absolute atomic E-state index is 0.143. The molecule has 16 heteroatoms. The van der Waals surface area contributed by atoms with E-state index in [1.807, 2.05) is 0 Å². The van der Waals surface area contributed by atoms with Crippen LogP contribution in [0.1, 0.15) is 0 Å². The number of sulfonamides is 1. The Morgan fingerprint density at radius 2 is 1.58 bits per heavy atom. The Balaban J connectivity index is 1.87. The van der Waals surface area contributed by atoms with E-state index in [2.05, 4.69) is 25.4 Å². The van der Waals surface area contributed by atoms with Crippen LogP contribution in [0.3, 0.4) is 0 Å². The Labute approximate surface area is 220 Å². The number of carbonyl (C=O) groups excluding carboxylic acids is 1. The highest BCUT2D eigenvalue weighted by atomic mass is 32.2. The van der Waals surface area contributed by atoms with Gasteiger partial charge < -0.3 is 24.9 Å². The highest BCUT2D eigenvalue weighted by Crippen LogP contribution is 2.32. The molecule has 3 rings (SSSR count). The number of benzene rings is 2. The maximum Gasteiger partial charge on any atom is 0.492 e. The second kappa shape index (κ2) is 11.7. The first-order valence-corrected chi connectivity index (χ1v) is 13.1. The van der Waals surface area contributed by atoms with Crippen LogP contribution in [0.2, 0.25) is 0 Å². The van der Waals surface area contributed by atoms with Crippen molar-refractivity contribution in [1.29, 1.82) is 0 Å². The third-order valence-corrected chi connectivity index (χ3v) is 7.20. The number of hydroxylamine groups is 1. The van der Waals surface area contributed by atoms with Crippen LogP contribution in [0.4, 0.5) is 36.2 Å². The first-order chi connectivity index (χ1) is 17.9. The molecule has 0 saturated heterocycles. The molecule has 2 N–H and O–H groups in total. The molecule has 204 valence electrons. The zero-order valence-electron chi connectivity index (χ0n) is 20.4. The van der Waals surface area contributed by atoms with E-state index in [0.717, 1.165) is 0 Å². The number of methoxy groups -OCH3 is 2. The van der Waals surface area contributed by atoms with Gasteiger partial charge in [0.1, 0.15) is 29.5 Å². The van der Waals surface area contributed by atoms with Crippen molar-refractivity contribution >= 4 is 50.8 Å². The average Bonchev–Trinajstić information content (AvgIpc) is 2.87. The molecule has 0 aliphatic heterocycles. The second-order valence-corrected chi connectivity index (χ2v) is 10.1. The highest BCUT2D eigenvalue weighted by molar-refractivity contribution is 7.98. The van der Waals surface area contributed by atoms with E-state index in [0.29, 0.717) is 34.9 Å². The lowest BCUT2D eigenvalue weighted by molar-refractivity contribution is -0.219. The highest BCUT2D eigenvalue weighted by Gasteiger charge is 2.43. The van der Waals surface area contributed by atoms with E-state index in [1.165, 1.54) is 50.5 Å². The van der Waals surface area contributed by atoms with Crippen LogP contribution in [-0.2, 0) is 19.7 Å². The Hall–Kier alpha value is -3.76. The van der Waals surface area contributed by atoms with Gasteiger partial charge in [-0.05, 0) is 28.9 Å². The van der Waals surface area contributed by atoms with E-state index in [1.54, 1.807) is 30.5 Å². The summed E-state index contributed by atoms with van der Waals surface area (Å²) in [5, 5.41) is 6.07. The monoisotopic (exact) mass is 573 g/mol. The van der Waals surface area contributed by atoms with Gasteiger partial charge in [0.25, 0.3) is 10.0 Å². The first-order valence-electron chi connectivity index (χ1n) is 10.4. The summed E-state index contributed by atoms with van der Waals surface area (Å²) in [6.07, 6.45) is -2.35. The van der Waals surface area contributed by atoms with Crippen LogP contribution >= 0.6 is 11.8 Å². The van der Waals surface area contributed by atoms with Gasteiger partial charge in [0, 0.05) is 41.9 Å². The molecule has 11 nitrogen and oxygen atoms in total. The quantitative estimate of drug-likeness (QED) is 0.265. The lowest BCUT2D eigenvalue weighted by atomic mass is 10.2. The molecule has 38 heavy (non-hydrogen) atoms. The zero-order valence-corrected chi connectivity index (χ0v) is 22.0. The molecule has 0 fully saturated rings. The molecule has 0 aliphatic rings. The standard InChI is InChI=1S/C22H22F3N5O6S2/c1-30(36-21(31)22(23,24)25)38(32,33)16-5-6-18(37-4)17(10-16)29-20-11-19(26-12-27-20)28-13-7-14(34-2)9-15(8-13)35-3/h5-12H,1-4H3,(H2,26,27,28,29). The second-order valence-electron chi connectivity index (χ2n) is 7.29. The molecule has 0 spiro atoms. The summed E-state index contributed by atoms with van der Waals surface area (Å²) in [6.45, 7) is 0.